The lowest BCUT2D eigenvalue weighted by molar-refractivity contribution is -0.124. The van der Waals surface area contributed by atoms with Crippen molar-refractivity contribution in [3.8, 4) is 22.8 Å². The SMILES string of the molecule is [C-]#[N+]C1(CC(=O)[C@@]2(C)COc3c2cc([C@@](C)(O)CCC(=O)c2cc(OC)c4ncccc4c2)nc3-c2ccc(F)cc2)CC1. The third-order valence-corrected chi connectivity index (χ3v) is 8.96. The van der Waals surface area contributed by atoms with Crippen molar-refractivity contribution in [3.63, 3.8) is 0 Å². The molecule has 8 nitrogen and oxygen atoms in total. The van der Waals surface area contributed by atoms with Gasteiger partial charge < -0.3 is 19.4 Å². The first-order chi connectivity index (χ1) is 21.0. The van der Waals surface area contributed by atoms with Crippen LogP contribution in [0.1, 0.15) is 67.6 Å². The second-order valence-corrected chi connectivity index (χ2v) is 12.2. The molecule has 2 atom stereocenters. The van der Waals surface area contributed by atoms with E-state index in [9.17, 15) is 19.1 Å². The van der Waals surface area contributed by atoms with Gasteiger partial charge in [0, 0.05) is 47.5 Å². The van der Waals surface area contributed by atoms with Crippen LogP contribution in [0.4, 0.5) is 4.39 Å². The van der Waals surface area contributed by atoms with Gasteiger partial charge in [0.1, 0.15) is 40.7 Å². The number of aliphatic hydroxyl groups is 1. The highest BCUT2D eigenvalue weighted by Crippen LogP contribution is 2.50. The maximum atomic E-state index is 13.8. The second-order valence-electron chi connectivity index (χ2n) is 12.2. The van der Waals surface area contributed by atoms with E-state index in [-0.39, 0.29) is 43.1 Å². The third kappa shape index (κ3) is 5.20. The summed E-state index contributed by atoms with van der Waals surface area (Å²) in [5.74, 6) is 0.168. The van der Waals surface area contributed by atoms with Crippen molar-refractivity contribution in [1.29, 1.82) is 0 Å². The maximum absolute atomic E-state index is 13.8. The van der Waals surface area contributed by atoms with E-state index in [0.29, 0.717) is 52.2 Å². The largest absolute Gasteiger partial charge is 0.494 e. The zero-order chi connectivity index (χ0) is 31.3. The van der Waals surface area contributed by atoms with Crippen LogP contribution in [-0.4, -0.2) is 45.9 Å². The quantitative estimate of drug-likeness (QED) is 0.168. The fourth-order valence-corrected chi connectivity index (χ4v) is 5.76. The van der Waals surface area contributed by atoms with Gasteiger partial charge in [0.15, 0.2) is 11.6 Å². The summed E-state index contributed by atoms with van der Waals surface area (Å²) in [6.45, 7) is 11.0. The fourth-order valence-electron chi connectivity index (χ4n) is 5.76. The number of ketones is 2. The smallest absolute Gasteiger partial charge is 0.240 e. The molecule has 0 radical (unpaired) electrons. The van der Waals surface area contributed by atoms with Crippen LogP contribution in [0.15, 0.2) is 60.8 Å². The Kier molecular flexibility index (Phi) is 7.21. The summed E-state index contributed by atoms with van der Waals surface area (Å²) in [4.78, 5) is 39.9. The van der Waals surface area contributed by atoms with Gasteiger partial charge in [0.2, 0.25) is 5.54 Å². The average Bonchev–Trinajstić information content (AvgIpc) is 3.72. The number of nitrogens with zero attached hydrogens (tertiary/aromatic N) is 3. The number of Topliss-reactive ketones (excluding diaryl/α,β-unsaturated/α-hetero) is 2. The first-order valence-electron chi connectivity index (χ1n) is 14.5. The molecule has 0 amide bonds. The van der Waals surface area contributed by atoms with Crippen molar-refractivity contribution in [2.75, 3.05) is 13.7 Å². The fraction of sp³-hybridized carbons (Fsp3) is 0.343. The minimum Gasteiger partial charge on any atom is -0.494 e. The molecule has 2 aromatic carbocycles. The number of halogens is 1. The van der Waals surface area contributed by atoms with Crippen LogP contribution < -0.4 is 9.47 Å². The maximum Gasteiger partial charge on any atom is 0.240 e. The molecule has 224 valence electrons. The number of fused-ring (bicyclic) bond motifs is 2. The highest BCUT2D eigenvalue weighted by molar-refractivity contribution is 6.01. The Morgan fingerprint density at radius 2 is 1.93 bits per heavy atom. The van der Waals surface area contributed by atoms with E-state index < -0.39 is 22.4 Å². The van der Waals surface area contributed by atoms with Crippen LogP contribution in [0.5, 0.6) is 11.5 Å². The number of rotatable bonds is 10. The van der Waals surface area contributed by atoms with Crippen LogP contribution in [-0.2, 0) is 15.8 Å². The number of methoxy groups -OCH3 is 1. The predicted molar refractivity (Wildman–Crippen MR) is 162 cm³/mol. The molecular weight excluding hydrogens is 561 g/mol. The van der Waals surface area contributed by atoms with E-state index >= 15 is 0 Å². The van der Waals surface area contributed by atoms with Gasteiger partial charge in [0.05, 0.1) is 24.6 Å². The number of ether oxygens (including phenoxy) is 2. The second kappa shape index (κ2) is 10.8. The number of hydrogen-bond donors (Lipinski definition) is 1. The Balaban J connectivity index is 1.34. The van der Waals surface area contributed by atoms with Crippen molar-refractivity contribution in [2.45, 2.75) is 62.5 Å². The van der Waals surface area contributed by atoms with Gasteiger partial charge in [-0.25, -0.2) is 15.9 Å². The molecule has 2 aromatic heterocycles. The first-order valence-corrected chi connectivity index (χ1v) is 14.5. The summed E-state index contributed by atoms with van der Waals surface area (Å²) in [5.41, 5.74) is -0.433. The number of carbonyl (C=O) groups is 2. The summed E-state index contributed by atoms with van der Waals surface area (Å²) >= 11 is 0. The Morgan fingerprint density at radius 3 is 2.61 bits per heavy atom. The van der Waals surface area contributed by atoms with Crippen molar-refractivity contribution in [3.05, 3.63) is 94.8 Å². The highest BCUT2D eigenvalue weighted by atomic mass is 19.1. The Hall–Kier alpha value is -4.68. The Labute approximate surface area is 254 Å². The topological polar surface area (TPSA) is 103 Å². The van der Waals surface area contributed by atoms with E-state index in [0.717, 1.165) is 5.39 Å². The lowest BCUT2D eigenvalue weighted by atomic mass is 9.76. The molecule has 2 aliphatic rings. The van der Waals surface area contributed by atoms with Crippen molar-refractivity contribution < 1.29 is 28.6 Å². The van der Waals surface area contributed by atoms with E-state index in [1.54, 1.807) is 56.4 Å². The van der Waals surface area contributed by atoms with Gasteiger partial charge in [-0.3, -0.25) is 14.6 Å². The van der Waals surface area contributed by atoms with Crippen molar-refractivity contribution in [2.24, 2.45) is 0 Å². The minimum absolute atomic E-state index is 0.00674. The Morgan fingerprint density at radius 1 is 1.18 bits per heavy atom. The van der Waals surface area contributed by atoms with Gasteiger partial charge in [-0.05, 0) is 68.8 Å². The van der Waals surface area contributed by atoms with E-state index in [1.807, 2.05) is 6.07 Å². The molecule has 1 aliphatic heterocycles. The molecule has 4 aromatic rings. The summed E-state index contributed by atoms with van der Waals surface area (Å²) in [5, 5.41) is 12.5. The zero-order valence-electron chi connectivity index (χ0n) is 24.8. The molecule has 0 saturated heterocycles. The normalized spacial score (nSPS) is 19.4. The molecule has 0 bridgehead atoms. The molecule has 1 aliphatic carbocycles. The predicted octanol–water partition coefficient (Wildman–Crippen LogP) is 6.38. The lowest BCUT2D eigenvalue weighted by Crippen LogP contribution is -2.36. The van der Waals surface area contributed by atoms with E-state index in [4.69, 9.17) is 21.0 Å². The number of carbonyl (C=O) groups excluding carboxylic acids is 2. The highest BCUT2D eigenvalue weighted by Gasteiger charge is 2.56. The van der Waals surface area contributed by atoms with Crippen LogP contribution >= 0.6 is 0 Å². The lowest BCUT2D eigenvalue weighted by Gasteiger charge is -2.26. The molecule has 9 heteroatoms. The molecule has 0 unspecified atom stereocenters. The van der Waals surface area contributed by atoms with Crippen LogP contribution in [0.25, 0.3) is 27.0 Å². The van der Waals surface area contributed by atoms with E-state index in [1.165, 1.54) is 19.2 Å². The minimum atomic E-state index is -1.57. The molecule has 6 rings (SSSR count). The molecule has 0 spiro atoms. The molecule has 1 saturated carbocycles. The standard InChI is InChI=1S/C35H32FN3O5/c1-33(29(41)19-35(37-3)13-14-35)20-44-32-25(33)18-28(39-31(32)21-7-9-24(36)10-8-21)34(2,42)12-11-26(40)23-16-22-6-5-15-38-30(22)27(17-23)43-4/h5-10,15-18,42H,11-14,19-20H2,1-2,4H3/t33-,34-/m0/s1. The molecule has 3 heterocycles. The van der Waals surface area contributed by atoms with Gasteiger partial charge in [-0.1, -0.05) is 6.07 Å². The summed E-state index contributed by atoms with van der Waals surface area (Å²) in [6.07, 6.45) is 3.21. The monoisotopic (exact) mass is 593 g/mol. The van der Waals surface area contributed by atoms with Crippen molar-refractivity contribution >= 4 is 22.5 Å². The summed E-state index contributed by atoms with van der Waals surface area (Å²) in [6, 6.07) is 14.5. The number of hydrogen-bond acceptors (Lipinski definition) is 7. The van der Waals surface area contributed by atoms with Gasteiger partial charge in [-0.2, -0.15) is 0 Å². The van der Waals surface area contributed by atoms with Gasteiger partial charge >= 0.3 is 0 Å². The van der Waals surface area contributed by atoms with Crippen LogP contribution in [0.3, 0.4) is 0 Å². The van der Waals surface area contributed by atoms with E-state index in [2.05, 4.69) is 9.83 Å². The summed E-state index contributed by atoms with van der Waals surface area (Å²) < 4.78 is 25.4. The number of pyridine rings is 2. The average molecular weight is 594 g/mol. The number of benzene rings is 2. The molecule has 44 heavy (non-hydrogen) atoms. The van der Waals surface area contributed by atoms with Crippen LogP contribution in [0.2, 0.25) is 0 Å². The number of aromatic nitrogens is 2. The van der Waals surface area contributed by atoms with Crippen LogP contribution in [0, 0.1) is 12.4 Å². The first kappa shape index (κ1) is 29.4. The molecule has 1 N–H and O–H groups in total. The summed E-state index contributed by atoms with van der Waals surface area (Å²) in [7, 11) is 1.52. The van der Waals surface area contributed by atoms with Gasteiger partial charge in [0.25, 0.3) is 0 Å². The zero-order valence-corrected chi connectivity index (χ0v) is 24.8. The molecular formula is C35H32FN3O5. The van der Waals surface area contributed by atoms with Crippen molar-refractivity contribution in [1.82, 2.24) is 9.97 Å². The van der Waals surface area contributed by atoms with Gasteiger partial charge in [-0.15, -0.1) is 0 Å². The molecule has 1 fully saturated rings. The third-order valence-electron chi connectivity index (χ3n) is 8.96. The Bertz CT molecular complexity index is 1840.